The van der Waals surface area contributed by atoms with Gasteiger partial charge in [0, 0.05) is 18.1 Å². The van der Waals surface area contributed by atoms with Gasteiger partial charge in [-0.05, 0) is 64.5 Å². The summed E-state index contributed by atoms with van der Waals surface area (Å²) < 4.78 is 0. The molecule has 0 aromatic carbocycles. The van der Waals surface area contributed by atoms with E-state index in [0.717, 1.165) is 5.92 Å². The van der Waals surface area contributed by atoms with Gasteiger partial charge in [-0.3, -0.25) is 4.90 Å². The fourth-order valence-corrected chi connectivity index (χ4v) is 3.99. The SMILES string of the molecule is CCCCCN(C(C)C)C1CC(C(C)(C)C)CCC1NC. The molecule has 0 radical (unpaired) electrons. The van der Waals surface area contributed by atoms with Crippen molar-refractivity contribution in [3.05, 3.63) is 0 Å². The normalized spacial score (nSPS) is 27.6. The van der Waals surface area contributed by atoms with E-state index >= 15 is 0 Å². The van der Waals surface area contributed by atoms with E-state index in [1.54, 1.807) is 0 Å². The molecule has 1 N–H and O–H groups in total. The summed E-state index contributed by atoms with van der Waals surface area (Å²) in [4.78, 5) is 2.79. The van der Waals surface area contributed by atoms with Gasteiger partial charge in [-0.15, -0.1) is 0 Å². The maximum Gasteiger partial charge on any atom is 0.0254 e. The summed E-state index contributed by atoms with van der Waals surface area (Å²) in [6.07, 6.45) is 8.10. The van der Waals surface area contributed by atoms with E-state index < -0.39 is 0 Å². The molecule has 1 saturated carbocycles. The molecule has 0 bridgehead atoms. The Kier molecular flexibility index (Phi) is 7.70. The lowest BCUT2D eigenvalue weighted by Crippen LogP contribution is -2.55. The quantitative estimate of drug-likeness (QED) is 0.686. The third kappa shape index (κ3) is 5.56. The zero-order valence-electron chi connectivity index (χ0n) is 15.7. The van der Waals surface area contributed by atoms with Gasteiger partial charge in [0.2, 0.25) is 0 Å². The summed E-state index contributed by atoms with van der Waals surface area (Å²) in [5.41, 5.74) is 0.447. The van der Waals surface area contributed by atoms with Gasteiger partial charge in [0.1, 0.15) is 0 Å². The lowest BCUT2D eigenvalue weighted by molar-refractivity contribution is 0.0415. The van der Waals surface area contributed by atoms with E-state index in [0.29, 0.717) is 23.5 Å². The Bertz CT molecular complexity index is 280. The summed E-state index contributed by atoms with van der Waals surface area (Å²) in [7, 11) is 2.15. The second-order valence-electron chi connectivity index (χ2n) is 8.38. The highest BCUT2D eigenvalue weighted by atomic mass is 15.2. The molecule has 126 valence electrons. The van der Waals surface area contributed by atoms with Crippen molar-refractivity contribution in [2.45, 2.75) is 98.2 Å². The van der Waals surface area contributed by atoms with Crippen LogP contribution < -0.4 is 5.32 Å². The Hall–Kier alpha value is -0.0800. The van der Waals surface area contributed by atoms with E-state index in [4.69, 9.17) is 0 Å². The molecule has 3 atom stereocenters. The fourth-order valence-electron chi connectivity index (χ4n) is 3.99. The van der Waals surface area contributed by atoms with Crippen molar-refractivity contribution in [1.82, 2.24) is 10.2 Å². The van der Waals surface area contributed by atoms with Gasteiger partial charge in [-0.25, -0.2) is 0 Å². The lowest BCUT2D eigenvalue weighted by atomic mass is 9.69. The van der Waals surface area contributed by atoms with E-state index in [2.05, 4.69) is 58.8 Å². The number of nitrogens with one attached hydrogen (secondary N) is 1. The molecule has 3 unspecified atom stereocenters. The minimum absolute atomic E-state index is 0.447. The van der Waals surface area contributed by atoms with E-state index in [1.807, 2.05) is 0 Å². The molecule has 1 fully saturated rings. The topological polar surface area (TPSA) is 15.3 Å². The average molecular weight is 297 g/mol. The molecule has 2 heteroatoms. The van der Waals surface area contributed by atoms with Crippen molar-refractivity contribution in [2.24, 2.45) is 11.3 Å². The number of nitrogens with zero attached hydrogens (tertiary/aromatic N) is 1. The molecule has 0 aromatic heterocycles. The summed E-state index contributed by atoms with van der Waals surface area (Å²) >= 11 is 0. The second-order valence-corrected chi connectivity index (χ2v) is 8.38. The highest BCUT2D eigenvalue weighted by Gasteiger charge is 2.38. The maximum absolute atomic E-state index is 3.61. The molecule has 2 nitrogen and oxygen atoms in total. The van der Waals surface area contributed by atoms with Gasteiger partial charge in [0.05, 0.1) is 0 Å². The van der Waals surface area contributed by atoms with Gasteiger partial charge >= 0.3 is 0 Å². The minimum Gasteiger partial charge on any atom is -0.315 e. The van der Waals surface area contributed by atoms with E-state index in [1.165, 1.54) is 45.1 Å². The van der Waals surface area contributed by atoms with Crippen LogP contribution in [0.3, 0.4) is 0 Å². The number of hydrogen-bond acceptors (Lipinski definition) is 2. The van der Waals surface area contributed by atoms with Gasteiger partial charge in [0.25, 0.3) is 0 Å². The molecule has 1 aliphatic carbocycles. The molecule has 1 rings (SSSR count). The third-order valence-electron chi connectivity index (χ3n) is 5.52. The Morgan fingerprint density at radius 3 is 2.29 bits per heavy atom. The monoisotopic (exact) mass is 296 g/mol. The van der Waals surface area contributed by atoms with Crippen LogP contribution in [-0.2, 0) is 0 Å². The average Bonchev–Trinajstić information content (AvgIpc) is 2.41. The number of hydrogen-bond donors (Lipinski definition) is 1. The van der Waals surface area contributed by atoms with Crippen LogP contribution in [0.1, 0.15) is 80.1 Å². The highest BCUT2D eigenvalue weighted by Crippen LogP contribution is 2.39. The summed E-state index contributed by atoms with van der Waals surface area (Å²) in [6.45, 7) is 15.6. The van der Waals surface area contributed by atoms with Crippen LogP contribution in [0.25, 0.3) is 0 Å². The standard InChI is InChI=1S/C19H40N2/c1-8-9-10-13-21(15(2)3)18-14-16(19(4,5)6)11-12-17(18)20-7/h15-18,20H,8-14H2,1-7H3. The Balaban J connectivity index is 2.78. The molecule has 0 heterocycles. The van der Waals surface area contributed by atoms with Gasteiger partial charge < -0.3 is 5.32 Å². The molecule has 0 aromatic rings. The molecule has 0 aliphatic heterocycles. The molecule has 21 heavy (non-hydrogen) atoms. The molecule has 0 spiro atoms. The van der Waals surface area contributed by atoms with Crippen LogP contribution in [0.5, 0.6) is 0 Å². The summed E-state index contributed by atoms with van der Waals surface area (Å²) in [6, 6.07) is 2.04. The van der Waals surface area contributed by atoms with Crippen LogP contribution in [0.4, 0.5) is 0 Å². The summed E-state index contributed by atoms with van der Waals surface area (Å²) in [5, 5.41) is 3.61. The molecule has 1 aliphatic rings. The Morgan fingerprint density at radius 2 is 1.81 bits per heavy atom. The zero-order valence-corrected chi connectivity index (χ0v) is 15.7. The number of likely N-dealkylation sites (N-methyl/N-ethyl adjacent to an activating group) is 1. The van der Waals surface area contributed by atoms with Crippen LogP contribution in [0, 0.1) is 11.3 Å². The molecule has 0 saturated heterocycles. The Labute approximate surface area is 134 Å². The predicted molar refractivity (Wildman–Crippen MR) is 94.8 cm³/mol. The first-order valence-electron chi connectivity index (χ1n) is 9.24. The van der Waals surface area contributed by atoms with Crippen molar-refractivity contribution in [1.29, 1.82) is 0 Å². The Morgan fingerprint density at radius 1 is 1.14 bits per heavy atom. The number of unbranched alkanes of at least 4 members (excludes halogenated alkanes) is 2. The highest BCUT2D eigenvalue weighted by molar-refractivity contribution is 4.94. The van der Waals surface area contributed by atoms with Crippen LogP contribution in [-0.4, -0.2) is 36.6 Å². The fraction of sp³-hybridized carbons (Fsp3) is 1.00. The minimum atomic E-state index is 0.447. The first kappa shape index (κ1) is 19.0. The van der Waals surface area contributed by atoms with E-state index in [-0.39, 0.29) is 0 Å². The van der Waals surface area contributed by atoms with Crippen molar-refractivity contribution in [3.63, 3.8) is 0 Å². The van der Waals surface area contributed by atoms with Crippen molar-refractivity contribution >= 4 is 0 Å². The van der Waals surface area contributed by atoms with E-state index in [9.17, 15) is 0 Å². The van der Waals surface area contributed by atoms with Gasteiger partial charge in [0.15, 0.2) is 0 Å². The van der Waals surface area contributed by atoms with Crippen LogP contribution >= 0.6 is 0 Å². The van der Waals surface area contributed by atoms with Crippen molar-refractivity contribution < 1.29 is 0 Å². The van der Waals surface area contributed by atoms with Crippen molar-refractivity contribution in [2.75, 3.05) is 13.6 Å². The van der Waals surface area contributed by atoms with Gasteiger partial charge in [-0.2, -0.15) is 0 Å². The van der Waals surface area contributed by atoms with Crippen LogP contribution in [0.2, 0.25) is 0 Å². The maximum atomic E-state index is 3.61. The lowest BCUT2D eigenvalue weighted by Gasteiger charge is -2.47. The number of rotatable bonds is 7. The smallest absolute Gasteiger partial charge is 0.0254 e. The first-order chi connectivity index (χ1) is 9.81. The summed E-state index contributed by atoms with van der Waals surface area (Å²) in [5.74, 6) is 0.861. The first-order valence-corrected chi connectivity index (χ1v) is 9.24. The molecule has 0 amide bonds. The van der Waals surface area contributed by atoms with Gasteiger partial charge in [-0.1, -0.05) is 40.5 Å². The molecular weight excluding hydrogens is 256 g/mol. The predicted octanol–water partition coefficient (Wildman–Crippen LogP) is 4.69. The van der Waals surface area contributed by atoms with Crippen molar-refractivity contribution in [3.8, 4) is 0 Å². The largest absolute Gasteiger partial charge is 0.315 e. The zero-order chi connectivity index (χ0) is 16.0. The second kappa shape index (κ2) is 8.53. The third-order valence-corrected chi connectivity index (χ3v) is 5.52. The molecular formula is C19H40N2. The van der Waals surface area contributed by atoms with Crippen LogP contribution in [0.15, 0.2) is 0 Å².